The molecule has 32 heavy (non-hydrogen) atoms. The number of rotatable bonds is 9. The molecule has 0 heterocycles. The van der Waals surface area contributed by atoms with Crippen molar-refractivity contribution in [3.63, 3.8) is 0 Å². The SMILES string of the molecule is CC[C@@H](C)NC(=O)[C@H](C)N(Cc1ccccc1F)C(=O)CCc1ccc(C(C)(C)C)cc1. The van der Waals surface area contributed by atoms with Crippen molar-refractivity contribution in [1.29, 1.82) is 0 Å². The third-order valence-electron chi connectivity index (χ3n) is 5.91. The van der Waals surface area contributed by atoms with Gasteiger partial charge in [-0.15, -0.1) is 0 Å². The van der Waals surface area contributed by atoms with E-state index in [9.17, 15) is 14.0 Å². The van der Waals surface area contributed by atoms with Crippen LogP contribution < -0.4 is 5.32 Å². The molecule has 2 atom stereocenters. The predicted molar refractivity (Wildman–Crippen MR) is 128 cm³/mol. The van der Waals surface area contributed by atoms with Gasteiger partial charge in [-0.05, 0) is 49.3 Å². The van der Waals surface area contributed by atoms with Gasteiger partial charge in [0.05, 0.1) is 0 Å². The molecule has 5 heteroatoms. The molecule has 0 radical (unpaired) electrons. The lowest BCUT2D eigenvalue weighted by atomic mass is 9.86. The fourth-order valence-electron chi connectivity index (χ4n) is 3.42. The van der Waals surface area contributed by atoms with Gasteiger partial charge in [-0.3, -0.25) is 9.59 Å². The summed E-state index contributed by atoms with van der Waals surface area (Å²) < 4.78 is 14.3. The van der Waals surface area contributed by atoms with E-state index in [1.165, 1.54) is 16.5 Å². The summed E-state index contributed by atoms with van der Waals surface area (Å²) in [6.45, 7) is 12.2. The summed E-state index contributed by atoms with van der Waals surface area (Å²) in [5.41, 5.74) is 2.78. The molecular formula is C27H37FN2O2. The molecule has 0 bridgehead atoms. The number of aryl methyl sites for hydroxylation is 1. The Hall–Kier alpha value is -2.69. The van der Waals surface area contributed by atoms with Crippen molar-refractivity contribution in [2.75, 3.05) is 0 Å². The Morgan fingerprint density at radius 2 is 1.66 bits per heavy atom. The third-order valence-corrected chi connectivity index (χ3v) is 5.91. The second-order valence-electron chi connectivity index (χ2n) is 9.55. The van der Waals surface area contributed by atoms with Gasteiger partial charge >= 0.3 is 0 Å². The lowest BCUT2D eigenvalue weighted by Gasteiger charge is -2.30. The number of halogens is 1. The van der Waals surface area contributed by atoms with Gasteiger partial charge < -0.3 is 10.2 Å². The van der Waals surface area contributed by atoms with E-state index in [0.29, 0.717) is 12.0 Å². The molecule has 0 aromatic heterocycles. The van der Waals surface area contributed by atoms with Crippen molar-refractivity contribution in [1.82, 2.24) is 10.2 Å². The van der Waals surface area contributed by atoms with Crippen molar-refractivity contribution in [3.05, 3.63) is 71.0 Å². The van der Waals surface area contributed by atoms with E-state index < -0.39 is 6.04 Å². The Kier molecular flexibility index (Phi) is 8.99. The zero-order valence-electron chi connectivity index (χ0n) is 20.2. The van der Waals surface area contributed by atoms with Crippen LogP contribution in [0.3, 0.4) is 0 Å². The van der Waals surface area contributed by atoms with E-state index in [4.69, 9.17) is 0 Å². The topological polar surface area (TPSA) is 49.4 Å². The number of hydrogen-bond acceptors (Lipinski definition) is 2. The molecule has 2 amide bonds. The number of carbonyl (C=O) groups excluding carboxylic acids is 2. The maximum atomic E-state index is 14.3. The first kappa shape index (κ1) is 25.6. The minimum Gasteiger partial charge on any atom is -0.352 e. The lowest BCUT2D eigenvalue weighted by molar-refractivity contribution is -0.140. The minimum atomic E-state index is -0.695. The van der Waals surface area contributed by atoms with E-state index in [1.54, 1.807) is 25.1 Å². The summed E-state index contributed by atoms with van der Waals surface area (Å²) in [5.74, 6) is -0.767. The summed E-state index contributed by atoms with van der Waals surface area (Å²) in [6.07, 6.45) is 1.62. The van der Waals surface area contributed by atoms with Crippen LogP contribution in [0.15, 0.2) is 48.5 Å². The Bertz CT molecular complexity index is 903. The highest BCUT2D eigenvalue weighted by atomic mass is 19.1. The first-order valence-corrected chi connectivity index (χ1v) is 11.5. The maximum absolute atomic E-state index is 14.3. The third kappa shape index (κ3) is 7.18. The molecule has 1 N–H and O–H groups in total. The Morgan fingerprint density at radius 3 is 2.22 bits per heavy atom. The van der Waals surface area contributed by atoms with Crippen molar-refractivity contribution in [2.45, 2.75) is 84.8 Å². The summed E-state index contributed by atoms with van der Waals surface area (Å²) in [4.78, 5) is 27.4. The van der Waals surface area contributed by atoms with Crippen LogP contribution in [-0.4, -0.2) is 28.8 Å². The van der Waals surface area contributed by atoms with Gasteiger partial charge in [-0.25, -0.2) is 4.39 Å². The molecule has 2 aromatic carbocycles. The quantitative estimate of drug-likeness (QED) is 0.568. The molecular weight excluding hydrogens is 403 g/mol. The first-order valence-electron chi connectivity index (χ1n) is 11.5. The minimum absolute atomic E-state index is 0.0108. The lowest BCUT2D eigenvalue weighted by Crippen LogP contribution is -2.49. The Balaban J connectivity index is 2.15. The van der Waals surface area contributed by atoms with Gasteiger partial charge in [-0.1, -0.05) is 70.2 Å². The van der Waals surface area contributed by atoms with Gasteiger partial charge in [0, 0.05) is 24.6 Å². The molecule has 0 aliphatic heterocycles. The molecule has 0 aliphatic carbocycles. The molecule has 174 valence electrons. The number of nitrogens with one attached hydrogen (secondary N) is 1. The van der Waals surface area contributed by atoms with Gasteiger partial charge in [0.15, 0.2) is 0 Å². The van der Waals surface area contributed by atoms with Crippen molar-refractivity contribution in [2.24, 2.45) is 0 Å². The van der Waals surface area contributed by atoms with Crippen LogP contribution in [0.5, 0.6) is 0 Å². The normalized spacial score (nSPS) is 13.3. The van der Waals surface area contributed by atoms with Crippen LogP contribution in [0.4, 0.5) is 4.39 Å². The predicted octanol–water partition coefficient (Wildman–Crippen LogP) is 5.39. The highest BCUT2D eigenvalue weighted by Gasteiger charge is 2.27. The zero-order valence-corrected chi connectivity index (χ0v) is 20.2. The molecule has 0 saturated carbocycles. The van der Waals surface area contributed by atoms with Crippen molar-refractivity contribution in [3.8, 4) is 0 Å². The molecule has 4 nitrogen and oxygen atoms in total. The Morgan fingerprint density at radius 1 is 1.03 bits per heavy atom. The highest BCUT2D eigenvalue weighted by molar-refractivity contribution is 5.87. The van der Waals surface area contributed by atoms with Crippen LogP contribution in [-0.2, 0) is 28.0 Å². The second kappa shape index (κ2) is 11.3. The summed E-state index contributed by atoms with van der Waals surface area (Å²) in [5, 5.41) is 2.93. The van der Waals surface area contributed by atoms with Crippen LogP contribution in [0, 0.1) is 5.82 Å². The molecule has 0 saturated heterocycles. The molecule has 0 fully saturated rings. The van der Waals surface area contributed by atoms with Crippen LogP contribution in [0.1, 0.15) is 71.1 Å². The molecule has 0 spiro atoms. The fraction of sp³-hybridized carbons (Fsp3) is 0.481. The van der Waals surface area contributed by atoms with Gasteiger partial charge in [-0.2, -0.15) is 0 Å². The zero-order chi connectivity index (χ0) is 23.9. The summed E-state index contributed by atoms with van der Waals surface area (Å²) in [7, 11) is 0. The van der Waals surface area contributed by atoms with E-state index >= 15 is 0 Å². The van der Waals surface area contributed by atoms with Crippen LogP contribution in [0.2, 0.25) is 0 Å². The average molecular weight is 441 g/mol. The molecule has 0 aliphatic rings. The van der Waals surface area contributed by atoms with Crippen LogP contribution in [0.25, 0.3) is 0 Å². The Labute approximate surface area is 192 Å². The second-order valence-corrected chi connectivity index (χ2v) is 9.55. The summed E-state index contributed by atoms with van der Waals surface area (Å²) in [6, 6.07) is 14.0. The largest absolute Gasteiger partial charge is 0.352 e. The van der Waals surface area contributed by atoms with Gasteiger partial charge in [0.1, 0.15) is 11.9 Å². The summed E-state index contributed by atoms with van der Waals surface area (Å²) >= 11 is 0. The van der Waals surface area contributed by atoms with Gasteiger partial charge in [0.25, 0.3) is 0 Å². The monoisotopic (exact) mass is 440 g/mol. The highest BCUT2D eigenvalue weighted by Crippen LogP contribution is 2.23. The smallest absolute Gasteiger partial charge is 0.242 e. The standard InChI is InChI=1S/C27H37FN2O2/c1-7-19(2)29-26(32)20(3)30(18-22-10-8-9-11-24(22)28)25(31)17-14-21-12-15-23(16-13-21)27(4,5)6/h8-13,15-16,19-20H,7,14,17-18H2,1-6H3,(H,29,32)/t19-,20+/m1/s1. The maximum Gasteiger partial charge on any atom is 0.242 e. The number of carbonyl (C=O) groups is 2. The molecule has 2 aromatic rings. The number of benzene rings is 2. The van der Waals surface area contributed by atoms with Gasteiger partial charge in [0.2, 0.25) is 11.8 Å². The fourth-order valence-corrected chi connectivity index (χ4v) is 3.42. The number of amides is 2. The van der Waals surface area contributed by atoms with E-state index in [-0.39, 0.29) is 42.1 Å². The van der Waals surface area contributed by atoms with Crippen LogP contribution >= 0.6 is 0 Å². The number of hydrogen-bond donors (Lipinski definition) is 1. The van der Waals surface area contributed by atoms with E-state index in [0.717, 1.165) is 12.0 Å². The van der Waals surface area contributed by atoms with Crippen molar-refractivity contribution < 1.29 is 14.0 Å². The molecule has 2 rings (SSSR count). The number of nitrogens with zero attached hydrogens (tertiary/aromatic N) is 1. The van der Waals surface area contributed by atoms with E-state index in [2.05, 4.69) is 38.2 Å². The molecule has 0 unspecified atom stereocenters. The van der Waals surface area contributed by atoms with E-state index in [1.807, 2.05) is 26.0 Å². The average Bonchev–Trinajstić information content (AvgIpc) is 2.76. The first-order chi connectivity index (χ1) is 15.0. The van der Waals surface area contributed by atoms with Crippen molar-refractivity contribution >= 4 is 11.8 Å².